The zero-order valence-electron chi connectivity index (χ0n) is 13.7. The minimum absolute atomic E-state index is 0.127. The number of nitrogens with one attached hydrogen (secondary N) is 1. The van der Waals surface area contributed by atoms with Crippen LogP contribution in [-0.4, -0.2) is 20.2 Å². The fraction of sp³-hybridized carbons (Fsp3) is 0.294. The summed E-state index contributed by atoms with van der Waals surface area (Å²) in [6.07, 6.45) is 2.31. The van der Waals surface area contributed by atoms with Crippen LogP contribution in [0.5, 0.6) is 0 Å². The highest BCUT2D eigenvalue weighted by atomic mass is 32.2. The Morgan fingerprint density at radius 3 is 2.71 bits per heavy atom. The van der Waals surface area contributed by atoms with Crippen LogP contribution in [0, 0.1) is 5.82 Å². The topological polar surface area (TPSA) is 59.1 Å². The molecular weight excluding hydrogens is 347 g/mol. The molecule has 4 nitrogen and oxygen atoms in total. The number of benzene rings is 1. The number of hydrogen-bond acceptors (Lipinski definition) is 4. The molecule has 2 rings (SSSR count). The van der Waals surface area contributed by atoms with Gasteiger partial charge >= 0.3 is 0 Å². The molecule has 0 saturated heterocycles. The van der Waals surface area contributed by atoms with E-state index >= 15 is 0 Å². The van der Waals surface area contributed by atoms with Crippen molar-refractivity contribution < 1.29 is 13.4 Å². The lowest BCUT2D eigenvalue weighted by Gasteiger charge is -2.19. The third kappa shape index (κ3) is 4.72. The first-order chi connectivity index (χ1) is 11.3. The van der Waals surface area contributed by atoms with E-state index in [1.165, 1.54) is 17.8 Å². The van der Waals surface area contributed by atoms with Crippen molar-refractivity contribution in [2.75, 3.05) is 0 Å². The Bertz CT molecular complexity index is 760. The Kier molecular flexibility index (Phi) is 6.26. The van der Waals surface area contributed by atoms with E-state index < -0.39 is 15.7 Å². The molecule has 7 heteroatoms. The summed E-state index contributed by atoms with van der Waals surface area (Å²) in [7, 11) is -1.30. The summed E-state index contributed by atoms with van der Waals surface area (Å²) >= 11 is 1.22. The molecule has 1 heterocycles. The lowest BCUT2D eigenvalue weighted by atomic mass is 10.2. The Morgan fingerprint density at radius 2 is 2.04 bits per heavy atom. The Labute approximate surface area is 147 Å². The number of rotatable bonds is 6. The van der Waals surface area contributed by atoms with E-state index in [4.69, 9.17) is 0 Å². The van der Waals surface area contributed by atoms with E-state index in [0.717, 1.165) is 6.29 Å². The van der Waals surface area contributed by atoms with Gasteiger partial charge in [0.15, 0.2) is 6.29 Å². The van der Waals surface area contributed by atoms with Crippen molar-refractivity contribution in [3.8, 4) is 0 Å². The number of pyridine rings is 1. The van der Waals surface area contributed by atoms with Crippen molar-refractivity contribution >= 4 is 29.0 Å². The standard InChI is InChI=1S/C17H19FN2O2S2/c1-17(2,3)24(22)20-10-13-14(18)7-4-8-15(13)23-16-12(11-21)6-5-9-19-16/h4-9,11,20H,10H2,1-3H3. The van der Waals surface area contributed by atoms with Crippen molar-refractivity contribution in [3.05, 3.63) is 53.5 Å². The van der Waals surface area contributed by atoms with Crippen LogP contribution in [0.1, 0.15) is 36.7 Å². The highest BCUT2D eigenvalue weighted by Gasteiger charge is 2.20. The predicted octanol–water partition coefficient (Wildman–Crippen LogP) is 3.74. The summed E-state index contributed by atoms with van der Waals surface area (Å²) in [4.78, 5) is 15.9. The molecule has 0 aliphatic rings. The highest BCUT2D eigenvalue weighted by Crippen LogP contribution is 2.32. The second kappa shape index (κ2) is 8.00. The van der Waals surface area contributed by atoms with Gasteiger partial charge in [0.2, 0.25) is 0 Å². The van der Waals surface area contributed by atoms with Crippen LogP contribution in [0.25, 0.3) is 0 Å². The molecule has 0 fully saturated rings. The summed E-state index contributed by atoms with van der Waals surface area (Å²) in [5.74, 6) is -0.387. The van der Waals surface area contributed by atoms with Gasteiger partial charge in [-0.2, -0.15) is 0 Å². The van der Waals surface area contributed by atoms with Crippen molar-refractivity contribution in [2.45, 2.75) is 42.0 Å². The first-order valence-corrected chi connectivity index (χ1v) is 9.30. The van der Waals surface area contributed by atoms with Gasteiger partial charge in [-0.1, -0.05) is 17.8 Å². The van der Waals surface area contributed by atoms with Crippen LogP contribution in [0.4, 0.5) is 4.39 Å². The highest BCUT2D eigenvalue weighted by molar-refractivity contribution is 7.99. The van der Waals surface area contributed by atoms with Crippen LogP contribution in [0.15, 0.2) is 46.5 Å². The molecule has 24 heavy (non-hydrogen) atoms. The first-order valence-electron chi connectivity index (χ1n) is 7.33. The molecule has 128 valence electrons. The predicted molar refractivity (Wildman–Crippen MR) is 94.9 cm³/mol. The van der Waals surface area contributed by atoms with Gasteiger partial charge in [0.05, 0.1) is 15.7 Å². The summed E-state index contributed by atoms with van der Waals surface area (Å²) < 4.78 is 28.8. The molecule has 0 radical (unpaired) electrons. The van der Waals surface area contributed by atoms with Gasteiger partial charge in [0.1, 0.15) is 10.8 Å². The minimum atomic E-state index is -1.30. The number of hydrogen-bond donors (Lipinski definition) is 1. The fourth-order valence-electron chi connectivity index (χ4n) is 1.84. The van der Waals surface area contributed by atoms with Crippen molar-refractivity contribution in [1.82, 2.24) is 9.71 Å². The molecule has 0 aliphatic heterocycles. The molecule has 0 amide bonds. The molecule has 0 aliphatic carbocycles. The third-order valence-electron chi connectivity index (χ3n) is 3.15. The van der Waals surface area contributed by atoms with Gasteiger partial charge in [-0.15, -0.1) is 0 Å². The van der Waals surface area contributed by atoms with E-state index in [-0.39, 0.29) is 12.4 Å². The fourth-order valence-corrected chi connectivity index (χ4v) is 3.55. The van der Waals surface area contributed by atoms with Gasteiger partial charge < -0.3 is 0 Å². The lowest BCUT2D eigenvalue weighted by Crippen LogP contribution is -2.33. The number of carbonyl (C=O) groups is 1. The average molecular weight is 366 g/mol. The van der Waals surface area contributed by atoms with E-state index in [0.29, 0.717) is 21.0 Å². The molecular formula is C17H19FN2O2S2. The quantitative estimate of drug-likeness (QED) is 0.791. The third-order valence-corrected chi connectivity index (χ3v) is 5.80. The molecule has 0 bridgehead atoms. The van der Waals surface area contributed by atoms with Crippen LogP contribution in [-0.2, 0) is 17.5 Å². The van der Waals surface area contributed by atoms with Crippen LogP contribution >= 0.6 is 11.8 Å². The average Bonchev–Trinajstić information content (AvgIpc) is 2.53. The molecule has 2 aromatic rings. The SMILES string of the molecule is CC(C)(C)S(=O)NCc1c(F)cccc1Sc1ncccc1C=O. The zero-order valence-corrected chi connectivity index (χ0v) is 15.3. The minimum Gasteiger partial charge on any atom is -0.298 e. The molecule has 0 saturated carbocycles. The normalized spacial score (nSPS) is 12.8. The number of halogens is 1. The zero-order chi connectivity index (χ0) is 17.7. The van der Waals surface area contributed by atoms with Gasteiger partial charge in [-0.3, -0.25) is 4.79 Å². The maximum atomic E-state index is 14.2. The van der Waals surface area contributed by atoms with Crippen molar-refractivity contribution in [3.63, 3.8) is 0 Å². The summed E-state index contributed by atoms with van der Waals surface area (Å²) in [6.45, 7) is 5.66. The van der Waals surface area contributed by atoms with Crippen LogP contribution in [0.3, 0.4) is 0 Å². The second-order valence-corrected chi connectivity index (χ2v) is 9.12. The van der Waals surface area contributed by atoms with Gasteiger partial charge in [-0.05, 0) is 45.0 Å². The number of aromatic nitrogens is 1. The number of aldehydes is 1. The molecule has 1 atom stereocenters. The summed E-state index contributed by atoms with van der Waals surface area (Å²) in [5.41, 5.74) is 0.853. The number of carbonyl (C=O) groups excluding carboxylic acids is 1. The maximum absolute atomic E-state index is 14.2. The molecule has 1 aromatic carbocycles. The van der Waals surface area contributed by atoms with E-state index in [1.807, 2.05) is 20.8 Å². The van der Waals surface area contributed by atoms with E-state index in [1.54, 1.807) is 30.5 Å². The molecule has 1 N–H and O–H groups in total. The lowest BCUT2D eigenvalue weighted by molar-refractivity contribution is 0.112. The van der Waals surface area contributed by atoms with Crippen LogP contribution < -0.4 is 4.72 Å². The first kappa shape index (κ1) is 18.8. The molecule has 1 aromatic heterocycles. The van der Waals surface area contributed by atoms with Crippen molar-refractivity contribution in [2.24, 2.45) is 0 Å². The Balaban J connectivity index is 2.27. The maximum Gasteiger partial charge on any atom is 0.152 e. The second-order valence-electron chi connectivity index (χ2n) is 6.04. The monoisotopic (exact) mass is 366 g/mol. The van der Waals surface area contributed by atoms with E-state index in [2.05, 4.69) is 9.71 Å². The number of nitrogens with zero attached hydrogens (tertiary/aromatic N) is 1. The smallest absolute Gasteiger partial charge is 0.152 e. The molecule has 0 spiro atoms. The summed E-state index contributed by atoms with van der Waals surface area (Å²) in [6, 6.07) is 8.06. The van der Waals surface area contributed by atoms with Gasteiger partial charge in [-0.25, -0.2) is 18.3 Å². The Morgan fingerprint density at radius 1 is 1.29 bits per heavy atom. The summed E-state index contributed by atoms with van der Waals surface area (Å²) in [5, 5.41) is 0.510. The van der Waals surface area contributed by atoms with Gasteiger partial charge in [0.25, 0.3) is 0 Å². The largest absolute Gasteiger partial charge is 0.298 e. The Hall–Kier alpha value is -1.57. The van der Waals surface area contributed by atoms with Crippen molar-refractivity contribution in [1.29, 1.82) is 0 Å². The molecule has 1 unspecified atom stereocenters. The van der Waals surface area contributed by atoms with E-state index in [9.17, 15) is 13.4 Å². The van der Waals surface area contributed by atoms with Gasteiger partial charge in [0, 0.05) is 28.8 Å². The van der Waals surface area contributed by atoms with Crippen LogP contribution in [0.2, 0.25) is 0 Å².